The molecule has 1 amide bonds. The Kier molecular flexibility index (Phi) is 3.73. The summed E-state index contributed by atoms with van der Waals surface area (Å²) in [6.45, 7) is 10.3. The lowest BCUT2D eigenvalue weighted by atomic mass is 10.1. The third kappa shape index (κ3) is 4.18. The number of hydrogen-bond acceptors (Lipinski definition) is 3. The van der Waals surface area contributed by atoms with E-state index in [1.54, 1.807) is 0 Å². The molecule has 1 rings (SSSR count). The molecule has 1 aliphatic rings. The first-order chi connectivity index (χ1) is 6.78. The Balaban J connectivity index is 2.46. The highest BCUT2D eigenvalue weighted by Gasteiger charge is 2.33. The van der Waals surface area contributed by atoms with Crippen molar-refractivity contribution in [3.63, 3.8) is 0 Å². The first-order valence-corrected chi connectivity index (χ1v) is 5.46. The summed E-state index contributed by atoms with van der Waals surface area (Å²) in [5, 5.41) is 0. The number of amides is 1. The highest BCUT2D eigenvalue weighted by molar-refractivity contribution is 5.75. The number of nitrogens with two attached hydrogens (primary N) is 1. The van der Waals surface area contributed by atoms with Crippen LogP contribution in [-0.4, -0.2) is 42.1 Å². The van der Waals surface area contributed by atoms with Crippen LogP contribution in [0.4, 0.5) is 0 Å². The minimum atomic E-state index is -0.265. The van der Waals surface area contributed by atoms with Crippen LogP contribution in [0.15, 0.2) is 0 Å². The second-order valence-corrected chi connectivity index (χ2v) is 5.41. The van der Waals surface area contributed by atoms with Crippen molar-refractivity contribution in [3.05, 3.63) is 0 Å². The lowest BCUT2D eigenvalue weighted by Gasteiger charge is -2.27. The van der Waals surface area contributed by atoms with E-state index in [1.165, 1.54) is 0 Å². The molecule has 4 nitrogen and oxygen atoms in total. The van der Waals surface area contributed by atoms with Gasteiger partial charge in [0.25, 0.3) is 0 Å². The summed E-state index contributed by atoms with van der Waals surface area (Å²) < 4.78 is 5.93. The molecule has 0 radical (unpaired) electrons. The van der Waals surface area contributed by atoms with Crippen LogP contribution in [0.2, 0.25) is 0 Å². The fourth-order valence-corrected chi connectivity index (χ4v) is 1.99. The van der Waals surface area contributed by atoms with E-state index in [2.05, 4.69) is 32.6 Å². The van der Waals surface area contributed by atoms with Crippen LogP contribution in [0.5, 0.6) is 0 Å². The third-order valence-electron chi connectivity index (χ3n) is 2.50. The molecule has 1 fully saturated rings. The average Bonchev–Trinajstić information content (AvgIpc) is 2.26. The van der Waals surface area contributed by atoms with Crippen molar-refractivity contribution in [2.24, 2.45) is 11.7 Å². The number of ether oxygens (including phenoxy) is 1. The van der Waals surface area contributed by atoms with Gasteiger partial charge in [-0.2, -0.15) is 0 Å². The predicted octanol–water partition coefficient (Wildman–Crippen LogP) is 0.607. The highest BCUT2D eigenvalue weighted by atomic mass is 16.5. The van der Waals surface area contributed by atoms with E-state index in [9.17, 15) is 4.79 Å². The SMILES string of the molecule is CC1CN(CC(N)=O)CC1OC(C)(C)C. The molecule has 0 aromatic rings. The van der Waals surface area contributed by atoms with E-state index in [4.69, 9.17) is 10.5 Å². The van der Waals surface area contributed by atoms with E-state index in [0.717, 1.165) is 13.1 Å². The number of rotatable bonds is 3. The predicted molar refractivity (Wildman–Crippen MR) is 59.4 cm³/mol. The number of nitrogens with zero attached hydrogens (tertiary/aromatic N) is 1. The van der Waals surface area contributed by atoms with Gasteiger partial charge in [-0.3, -0.25) is 9.69 Å². The first kappa shape index (κ1) is 12.5. The van der Waals surface area contributed by atoms with Gasteiger partial charge < -0.3 is 10.5 Å². The van der Waals surface area contributed by atoms with Crippen molar-refractivity contribution in [2.45, 2.75) is 39.4 Å². The van der Waals surface area contributed by atoms with Gasteiger partial charge in [-0.05, 0) is 26.7 Å². The monoisotopic (exact) mass is 214 g/mol. The van der Waals surface area contributed by atoms with Crippen LogP contribution < -0.4 is 5.73 Å². The van der Waals surface area contributed by atoms with E-state index in [0.29, 0.717) is 12.5 Å². The molecular formula is C11H22N2O2. The van der Waals surface area contributed by atoms with Gasteiger partial charge in [0.15, 0.2) is 0 Å². The third-order valence-corrected chi connectivity index (χ3v) is 2.50. The maximum Gasteiger partial charge on any atom is 0.231 e. The maximum atomic E-state index is 10.8. The largest absolute Gasteiger partial charge is 0.371 e. The van der Waals surface area contributed by atoms with Gasteiger partial charge in [0, 0.05) is 13.1 Å². The topological polar surface area (TPSA) is 55.6 Å². The summed E-state index contributed by atoms with van der Waals surface area (Å²) in [5.74, 6) is 0.196. The van der Waals surface area contributed by atoms with Crippen LogP contribution in [0.1, 0.15) is 27.7 Å². The van der Waals surface area contributed by atoms with Crippen molar-refractivity contribution in [1.29, 1.82) is 0 Å². The van der Waals surface area contributed by atoms with Crippen LogP contribution >= 0.6 is 0 Å². The van der Waals surface area contributed by atoms with Gasteiger partial charge in [-0.1, -0.05) is 6.92 Å². The van der Waals surface area contributed by atoms with Gasteiger partial charge in [0.2, 0.25) is 5.91 Å². The number of carbonyl (C=O) groups is 1. The number of primary amides is 1. The lowest BCUT2D eigenvalue weighted by Crippen LogP contribution is -2.35. The molecule has 0 saturated carbocycles. The van der Waals surface area contributed by atoms with Crippen LogP contribution in [0.3, 0.4) is 0 Å². The van der Waals surface area contributed by atoms with Crippen LogP contribution in [-0.2, 0) is 9.53 Å². The summed E-state index contributed by atoms with van der Waals surface area (Å²) in [7, 11) is 0. The molecule has 1 heterocycles. The van der Waals surface area contributed by atoms with E-state index < -0.39 is 0 Å². The minimum absolute atomic E-state index is 0.123. The second kappa shape index (κ2) is 4.49. The summed E-state index contributed by atoms with van der Waals surface area (Å²) >= 11 is 0. The van der Waals surface area contributed by atoms with Crippen molar-refractivity contribution in [2.75, 3.05) is 19.6 Å². The summed E-state index contributed by atoms with van der Waals surface area (Å²) in [6.07, 6.45) is 0.212. The normalized spacial score (nSPS) is 28.3. The fraction of sp³-hybridized carbons (Fsp3) is 0.909. The molecule has 88 valence electrons. The molecule has 0 spiro atoms. The summed E-state index contributed by atoms with van der Waals surface area (Å²) in [6, 6.07) is 0. The first-order valence-electron chi connectivity index (χ1n) is 5.46. The zero-order valence-corrected chi connectivity index (χ0v) is 10.1. The Hall–Kier alpha value is -0.610. The molecule has 0 bridgehead atoms. The zero-order chi connectivity index (χ0) is 11.6. The van der Waals surface area contributed by atoms with Crippen molar-refractivity contribution in [3.8, 4) is 0 Å². The fourth-order valence-electron chi connectivity index (χ4n) is 1.99. The molecule has 0 aromatic heterocycles. The van der Waals surface area contributed by atoms with Crippen LogP contribution in [0, 0.1) is 5.92 Å². The van der Waals surface area contributed by atoms with Crippen molar-refractivity contribution in [1.82, 2.24) is 4.90 Å². The van der Waals surface area contributed by atoms with E-state index in [1.807, 2.05) is 0 Å². The molecule has 2 unspecified atom stereocenters. The summed E-state index contributed by atoms with van der Waals surface area (Å²) in [4.78, 5) is 12.9. The Morgan fingerprint density at radius 3 is 2.53 bits per heavy atom. The Labute approximate surface area is 91.8 Å². The Morgan fingerprint density at radius 2 is 2.07 bits per heavy atom. The van der Waals surface area contributed by atoms with Gasteiger partial charge in [-0.15, -0.1) is 0 Å². The molecule has 0 aromatic carbocycles. The molecule has 15 heavy (non-hydrogen) atoms. The molecule has 1 saturated heterocycles. The maximum absolute atomic E-state index is 10.8. The smallest absolute Gasteiger partial charge is 0.231 e. The van der Waals surface area contributed by atoms with Crippen molar-refractivity contribution >= 4 is 5.91 Å². The van der Waals surface area contributed by atoms with E-state index in [-0.39, 0.29) is 17.6 Å². The number of carbonyl (C=O) groups excluding carboxylic acids is 1. The lowest BCUT2D eigenvalue weighted by molar-refractivity contribution is -0.119. The average molecular weight is 214 g/mol. The molecule has 2 N–H and O–H groups in total. The molecule has 4 heteroatoms. The van der Waals surface area contributed by atoms with Gasteiger partial charge in [-0.25, -0.2) is 0 Å². The number of likely N-dealkylation sites (tertiary alicyclic amines) is 1. The summed E-state index contributed by atoms with van der Waals surface area (Å²) in [5.41, 5.74) is 5.05. The standard InChI is InChI=1S/C11H22N2O2/c1-8-5-13(7-10(12)14)6-9(8)15-11(2,3)4/h8-9H,5-7H2,1-4H3,(H2,12,14). The zero-order valence-electron chi connectivity index (χ0n) is 10.1. The van der Waals surface area contributed by atoms with Gasteiger partial charge in [0.05, 0.1) is 18.2 Å². The second-order valence-electron chi connectivity index (χ2n) is 5.41. The highest BCUT2D eigenvalue weighted by Crippen LogP contribution is 2.23. The minimum Gasteiger partial charge on any atom is -0.371 e. The van der Waals surface area contributed by atoms with Crippen LogP contribution in [0.25, 0.3) is 0 Å². The van der Waals surface area contributed by atoms with Gasteiger partial charge in [0.1, 0.15) is 0 Å². The Morgan fingerprint density at radius 1 is 1.47 bits per heavy atom. The molecule has 1 aliphatic heterocycles. The molecule has 0 aliphatic carbocycles. The molecule has 2 atom stereocenters. The van der Waals surface area contributed by atoms with Crippen molar-refractivity contribution < 1.29 is 9.53 Å². The molecular weight excluding hydrogens is 192 g/mol. The van der Waals surface area contributed by atoms with Gasteiger partial charge >= 0.3 is 0 Å². The van der Waals surface area contributed by atoms with E-state index >= 15 is 0 Å². The Bertz CT molecular complexity index is 235. The number of hydrogen-bond donors (Lipinski definition) is 1. The quantitative estimate of drug-likeness (QED) is 0.749.